The maximum Gasteiger partial charge on any atom is 0.244 e. The summed E-state index contributed by atoms with van der Waals surface area (Å²) in [5.41, 5.74) is 1.03. The molecular formula is C22H27ClFN3O4S. The molecule has 10 heteroatoms. The minimum atomic E-state index is -3.90. The number of carbonyl (C=O) groups is 2. The maximum absolute atomic E-state index is 13.6. The number of hydrogen-bond acceptors (Lipinski definition) is 4. The lowest BCUT2D eigenvalue weighted by Gasteiger charge is -2.32. The van der Waals surface area contributed by atoms with Crippen molar-refractivity contribution < 1.29 is 22.4 Å². The Morgan fingerprint density at radius 3 is 2.34 bits per heavy atom. The van der Waals surface area contributed by atoms with E-state index in [1.54, 1.807) is 6.92 Å². The Morgan fingerprint density at radius 2 is 1.81 bits per heavy atom. The highest BCUT2D eigenvalue weighted by Crippen LogP contribution is 2.25. The van der Waals surface area contributed by atoms with Crippen LogP contribution in [0.15, 0.2) is 48.5 Å². The van der Waals surface area contributed by atoms with Crippen molar-refractivity contribution in [1.29, 1.82) is 0 Å². The van der Waals surface area contributed by atoms with E-state index in [1.807, 2.05) is 30.3 Å². The smallest absolute Gasteiger partial charge is 0.244 e. The standard InChI is InChI=1S/C22H27ClFN3O4S/c1-4-20(22(29)25-2)26(13-12-16-8-6-5-7-9-16)21(28)15-27(32(3,30)31)17-10-11-19(24)18(23)14-17/h5-11,14,20H,4,12-13,15H2,1-3H3,(H,25,29)/t20-/m1/s1. The lowest BCUT2D eigenvalue weighted by Crippen LogP contribution is -2.52. The molecule has 0 aliphatic rings. The Morgan fingerprint density at radius 1 is 1.16 bits per heavy atom. The number of anilines is 1. The third-order valence-electron chi connectivity index (χ3n) is 4.99. The molecule has 0 fully saturated rings. The molecule has 2 amide bonds. The van der Waals surface area contributed by atoms with E-state index < -0.39 is 34.3 Å². The van der Waals surface area contributed by atoms with Crippen molar-refractivity contribution in [3.05, 3.63) is 64.9 Å². The minimum Gasteiger partial charge on any atom is -0.357 e. The number of carbonyl (C=O) groups excluding carboxylic acids is 2. The summed E-state index contributed by atoms with van der Waals surface area (Å²) in [6, 6.07) is 12.1. The van der Waals surface area contributed by atoms with Crippen LogP contribution >= 0.6 is 11.6 Å². The number of nitrogens with one attached hydrogen (secondary N) is 1. The quantitative estimate of drug-likeness (QED) is 0.563. The van der Waals surface area contributed by atoms with E-state index in [0.29, 0.717) is 12.8 Å². The van der Waals surface area contributed by atoms with Crippen molar-refractivity contribution in [2.75, 3.05) is 30.7 Å². The first-order valence-electron chi connectivity index (χ1n) is 10.1. The molecule has 2 aromatic rings. The number of likely N-dealkylation sites (N-methyl/N-ethyl adjacent to an activating group) is 1. The largest absolute Gasteiger partial charge is 0.357 e. The van der Waals surface area contributed by atoms with Gasteiger partial charge in [0, 0.05) is 13.6 Å². The number of halogens is 2. The summed E-state index contributed by atoms with van der Waals surface area (Å²) in [5.74, 6) is -1.60. The van der Waals surface area contributed by atoms with Crippen molar-refractivity contribution in [3.63, 3.8) is 0 Å². The van der Waals surface area contributed by atoms with Crippen molar-refractivity contribution in [2.45, 2.75) is 25.8 Å². The van der Waals surface area contributed by atoms with E-state index in [2.05, 4.69) is 5.32 Å². The summed E-state index contributed by atoms with van der Waals surface area (Å²) in [7, 11) is -2.42. The van der Waals surface area contributed by atoms with Crippen LogP contribution in [0, 0.1) is 5.82 Å². The van der Waals surface area contributed by atoms with Crippen LogP contribution in [-0.4, -0.2) is 57.6 Å². The molecule has 1 N–H and O–H groups in total. The second kappa shape index (κ2) is 11.3. The van der Waals surface area contributed by atoms with Crippen molar-refractivity contribution in [1.82, 2.24) is 10.2 Å². The van der Waals surface area contributed by atoms with E-state index in [9.17, 15) is 22.4 Å². The van der Waals surface area contributed by atoms with Crippen molar-refractivity contribution in [3.8, 4) is 0 Å². The Balaban J connectivity index is 2.36. The third-order valence-corrected chi connectivity index (χ3v) is 6.42. The lowest BCUT2D eigenvalue weighted by molar-refractivity contribution is -0.139. The van der Waals surface area contributed by atoms with E-state index in [4.69, 9.17) is 11.6 Å². The van der Waals surface area contributed by atoms with Crippen LogP contribution in [0.5, 0.6) is 0 Å². The molecule has 2 rings (SSSR count). The van der Waals surface area contributed by atoms with E-state index >= 15 is 0 Å². The highest BCUT2D eigenvalue weighted by molar-refractivity contribution is 7.92. The SMILES string of the molecule is CC[C@H](C(=O)NC)N(CCc1ccccc1)C(=O)CN(c1ccc(F)c(Cl)c1)S(C)(=O)=O. The normalized spacial score (nSPS) is 12.2. The van der Waals surface area contributed by atoms with Gasteiger partial charge in [-0.05, 0) is 36.6 Å². The molecule has 0 spiro atoms. The van der Waals surface area contributed by atoms with Gasteiger partial charge in [0.1, 0.15) is 18.4 Å². The van der Waals surface area contributed by atoms with E-state index in [-0.39, 0.29) is 23.2 Å². The minimum absolute atomic E-state index is 0.0586. The topological polar surface area (TPSA) is 86.8 Å². The number of sulfonamides is 1. The zero-order chi connectivity index (χ0) is 23.9. The van der Waals surface area contributed by atoms with Gasteiger partial charge in [-0.3, -0.25) is 13.9 Å². The zero-order valence-corrected chi connectivity index (χ0v) is 19.8. The van der Waals surface area contributed by atoms with Gasteiger partial charge in [0.2, 0.25) is 21.8 Å². The molecule has 0 saturated heterocycles. The molecule has 7 nitrogen and oxygen atoms in total. The molecule has 174 valence electrons. The fourth-order valence-electron chi connectivity index (χ4n) is 3.32. The predicted octanol–water partition coefficient (Wildman–Crippen LogP) is 2.84. The highest BCUT2D eigenvalue weighted by Gasteiger charge is 2.31. The van der Waals surface area contributed by atoms with Crippen LogP contribution < -0.4 is 9.62 Å². The van der Waals surface area contributed by atoms with Crippen LogP contribution in [0.2, 0.25) is 5.02 Å². The molecule has 0 bridgehead atoms. The van der Waals surface area contributed by atoms with Gasteiger partial charge < -0.3 is 10.2 Å². The number of nitrogens with zero attached hydrogens (tertiary/aromatic N) is 2. The van der Waals surface area contributed by atoms with Crippen LogP contribution in [-0.2, 0) is 26.0 Å². The Kier molecular flexibility index (Phi) is 9.03. The molecule has 0 aliphatic heterocycles. The summed E-state index contributed by atoms with van der Waals surface area (Å²) in [5, 5.41) is 2.29. The van der Waals surface area contributed by atoms with Crippen molar-refractivity contribution in [2.24, 2.45) is 0 Å². The predicted molar refractivity (Wildman–Crippen MR) is 124 cm³/mol. The Hall–Kier alpha value is -2.65. The van der Waals surface area contributed by atoms with Gasteiger partial charge >= 0.3 is 0 Å². The molecule has 0 radical (unpaired) electrons. The molecule has 0 saturated carbocycles. The average Bonchev–Trinajstić information content (AvgIpc) is 2.76. The van der Waals surface area contributed by atoms with Crippen LogP contribution in [0.3, 0.4) is 0 Å². The number of rotatable bonds is 10. The number of hydrogen-bond donors (Lipinski definition) is 1. The van der Waals surface area contributed by atoms with Gasteiger partial charge in [-0.25, -0.2) is 12.8 Å². The Bertz CT molecular complexity index is 1050. The van der Waals surface area contributed by atoms with E-state index in [0.717, 1.165) is 28.3 Å². The van der Waals surface area contributed by atoms with Gasteiger partial charge in [-0.1, -0.05) is 48.9 Å². The number of benzene rings is 2. The fourth-order valence-corrected chi connectivity index (χ4v) is 4.33. The maximum atomic E-state index is 13.6. The molecule has 0 aromatic heterocycles. The van der Waals surface area contributed by atoms with Crippen LogP contribution in [0.25, 0.3) is 0 Å². The fraction of sp³-hybridized carbons (Fsp3) is 0.364. The molecular weight excluding hydrogens is 457 g/mol. The molecule has 2 aromatic carbocycles. The number of amides is 2. The average molecular weight is 484 g/mol. The second-order valence-electron chi connectivity index (χ2n) is 7.23. The first kappa shape index (κ1) is 25.6. The van der Waals surface area contributed by atoms with Crippen LogP contribution in [0.4, 0.5) is 10.1 Å². The summed E-state index contributed by atoms with van der Waals surface area (Å²) >= 11 is 5.81. The van der Waals surface area contributed by atoms with E-state index in [1.165, 1.54) is 18.0 Å². The van der Waals surface area contributed by atoms with Gasteiger partial charge in [-0.15, -0.1) is 0 Å². The van der Waals surface area contributed by atoms with Crippen molar-refractivity contribution >= 4 is 39.1 Å². The lowest BCUT2D eigenvalue weighted by atomic mass is 10.1. The third kappa shape index (κ3) is 6.67. The summed E-state index contributed by atoms with van der Waals surface area (Å²) in [6.07, 6.45) is 1.78. The monoisotopic (exact) mass is 483 g/mol. The molecule has 32 heavy (non-hydrogen) atoms. The first-order valence-corrected chi connectivity index (χ1v) is 12.3. The van der Waals surface area contributed by atoms with Gasteiger partial charge in [0.05, 0.1) is 17.0 Å². The summed E-state index contributed by atoms with van der Waals surface area (Å²) in [4.78, 5) is 27.1. The highest BCUT2D eigenvalue weighted by atomic mass is 35.5. The zero-order valence-electron chi connectivity index (χ0n) is 18.2. The molecule has 0 aliphatic carbocycles. The second-order valence-corrected chi connectivity index (χ2v) is 9.54. The summed E-state index contributed by atoms with van der Waals surface area (Å²) < 4.78 is 39.3. The van der Waals surface area contributed by atoms with Gasteiger partial charge in [0.15, 0.2) is 0 Å². The molecule has 1 atom stereocenters. The molecule has 0 unspecified atom stereocenters. The molecule has 0 heterocycles. The first-order chi connectivity index (χ1) is 15.1. The van der Waals surface area contributed by atoms with Gasteiger partial charge in [-0.2, -0.15) is 0 Å². The Labute approximate surface area is 193 Å². The summed E-state index contributed by atoms with van der Waals surface area (Å²) in [6.45, 7) is 1.44. The van der Waals surface area contributed by atoms with Crippen LogP contribution in [0.1, 0.15) is 18.9 Å². The van der Waals surface area contributed by atoms with Gasteiger partial charge in [0.25, 0.3) is 0 Å².